The molecule has 1 aromatic heterocycles. The van der Waals surface area contributed by atoms with Crippen molar-refractivity contribution in [3.63, 3.8) is 0 Å². The summed E-state index contributed by atoms with van der Waals surface area (Å²) in [6.45, 7) is -0.219. The summed E-state index contributed by atoms with van der Waals surface area (Å²) in [5.74, 6) is 0. The molecule has 1 aliphatic heterocycles. The molecule has 0 aliphatic carbocycles. The zero-order valence-electron chi connectivity index (χ0n) is 8.62. The molecule has 6 nitrogen and oxygen atoms in total. The normalized spacial score (nSPS) is 32.9. The Bertz CT molecular complexity index is 516. The van der Waals surface area contributed by atoms with E-state index < -0.39 is 33.4 Å². The topological polar surface area (TPSA) is 95.3 Å². The van der Waals surface area contributed by atoms with Gasteiger partial charge in [-0.05, 0) is 0 Å². The lowest BCUT2D eigenvalue weighted by Gasteiger charge is -2.16. The Hall–Kier alpha value is -0.760. The Kier molecular flexibility index (Phi) is 3.62. The van der Waals surface area contributed by atoms with Crippen LogP contribution in [0.4, 0.5) is 0 Å². The molecular weight excluding hydrogens is 268 g/mol. The van der Waals surface area contributed by atoms with E-state index in [1.807, 2.05) is 0 Å². The minimum atomic E-state index is -0.893. The lowest BCUT2D eigenvalue weighted by Crippen LogP contribution is -2.34. The van der Waals surface area contributed by atoms with Crippen LogP contribution in [0.3, 0.4) is 0 Å². The number of aliphatic hydroxyl groups excluding tert-OH is 2. The second-order valence-corrected chi connectivity index (χ2v) is 5.56. The predicted octanol–water partition coefficient (Wildman–Crippen LogP) is -0.889. The van der Waals surface area contributed by atoms with Gasteiger partial charge in [0.2, 0.25) is 0 Å². The highest BCUT2D eigenvalue weighted by Gasteiger charge is 2.43. The molecule has 0 bridgehead atoms. The number of aliphatic hydroxyl groups is 2. The molecule has 0 unspecified atom stereocenters. The number of aromatic amines is 1. The first-order valence-electron chi connectivity index (χ1n) is 4.94. The van der Waals surface area contributed by atoms with Crippen molar-refractivity contribution < 1.29 is 10.2 Å². The molecule has 2 heterocycles. The maximum Gasteiger partial charge on any atom is 0.329 e. The first-order valence-corrected chi connectivity index (χ1v) is 6.32. The fraction of sp³-hybridized carbons (Fsp3) is 0.556. The minimum absolute atomic E-state index is 0.219. The van der Waals surface area contributed by atoms with Gasteiger partial charge in [-0.3, -0.25) is 14.3 Å². The Morgan fingerprint density at radius 3 is 2.76 bits per heavy atom. The summed E-state index contributed by atoms with van der Waals surface area (Å²) in [6, 6.07) is 1.21. The Morgan fingerprint density at radius 1 is 1.53 bits per heavy atom. The fourth-order valence-corrected chi connectivity index (χ4v) is 3.65. The van der Waals surface area contributed by atoms with Crippen LogP contribution < -0.4 is 11.2 Å². The third kappa shape index (κ3) is 2.28. The number of alkyl halides is 1. The van der Waals surface area contributed by atoms with E-state index >= 15 is 0 Å². The lowest BCUT2D eigenvalue weighted by atomic mass is 10.2. The van der Waals surface area contributed by atoms with Gasteiger partial charge >= 0.3 is 5.69 Å². The number of halogens is 1. The average molecular weight is 279 g/mol. The van der Waals surface area contributed by atoms with Crippen molar-refractivity contribution in [1.82, 2.24) is 9.55 Å². The van der Waals surface area contributed by atoms with Gasteiger partial charge < -0.3 is 10.2 Å². The number of hydrogen-bond donors (Lipinski definition) is 3. The largest absolute Gasteiger partial charge is 0.395 e. The highest BCUT2D eigenvalue weighted by Crippen LogP contribution is 2.43. The zero-order chi connectivity index (χ0) is 12.6. The molecule has 0 spiro atoms. The summed E-state index contributed by atoms with van der Waals surface area (Å²) < 4.78 is 1.25. The van der Waals surface area contributed by atoms with Gasteiger partial charge in [0.25, 0.3) is 5.56 Å². The van der Waals surface area contributed by atoms with Crippen LogP contribution in [0, 0.1) is 0 Å². The molecule has 94 valence electrons. The Labute approximate surface area is 105 Å². The quantitative estimate of drug-likeness (QED) is 0.610. The maximum absolute atomic E-state index is 11.6. The van der Waals surface area contributed by atoms with Gasteiger partial charge in [-0.25, -0.2) is 4.79 Å². The number of H-pyrrole nitrogens is 1. The van der Waals surface area contributed by atoms with Gasteiger partial charge in [-0.1, -0.05) is 0 Å². The second kappa shape index (κ2) is 4.85. The number of thioether (sulfide) groups is 1. The molecule has 0 radical (unpaired) electrons. The molecule has 0 amide bonds. The molecule has 17 heavy (non-hydrogen) atoms. The van der Waals surface area contributed by atoms with Crippen molar-refractivity contribution in [2.24, 2.45) is 0 Å². The van der Waals surface area contributed by atoms with E-state index in [9.17, 15) is 14.7 Å². The minimum Gasteiger partial charge on any atom is -0.395 e. The summed E-state index contributed by atoms with van der Waals surface area (Å²) in [5.41, 5.74) is -1.06. The first-order chi connectivity index (χ1) is 8.04. The molecular formula is C9H11ClN2O4S. The van der Waals surface area contributed by atoms with Crippen LogP contribution >= 0.6 is 23.4 Å². The van der Waals surface area contributed by atoms with Gasteiger partial charge in [-0.15, -0.1) is 23.4 Å². The van der Waals surface area contributed by atoms with Crippen LogP contribution in [0.1, 0.15) is 5.37 Å². The van der Waals surface area contributed by atoms with E-state index in [0.29, 0.717) is 0 Å². The van der Waals surface area contributed by atoms with E-state index in [4.69, 9.17) is 16.7 Å². The van der Waals surface area contributed by atoms with E-state index in [1.54, 1.807) is 0 Å². The van der Waals surface area contributed by atoms with Crippen LogP contribution in [-0.2, 0) is 0 Å². The summed E-state index contributed by atoms with van der Waals surface area (Å²) >= 11 is 7.22. The van der Waals surface area contributed by atoms with E-state index in [1.165, 1.54) is 28.6 Å². The molecule has 8 heteroatoms. The average Bonchev–Trinajstić information content (AvgIpc) is 2.57. The summed E-state index contributed by atoms with van der Waals surface area (Å²) in [6.07, 6.45) is 0.441. The van der Waals surface area contributed by atoms with Gasteiger partial charge in [0.1, 0.15) is 5.37 Å². The van der Waals surface area contributed by atoms with E-state index in [2.05, 4.69) is 4.98 Å². The molecule has 0 aromatic carbocycles. The van der Waals surface area contributed by atoms with Crippen molar-refractivity contribution in [2.45, 2.75) is 22.1 Å². The molecule has 1 saturated heterocycles. The maximum atomic E-state index is 11.6. The molecule has 3 N–H and O–H groups in total. The first kappa shape index (κ1) is 12.7. The van der Waals surface area contributed by atoms with Gasteiger partial charge in [-0.2, -0.15) is 0 Å². The van der Waals surface area contributed by atoms with Crippen LogP contribution in [0.5, 0.6) is 0 Å². The molecule has 4 atom stereocenters. The highest BCUT2D eigenvalue weighted by atomic mass is 35.5. The van der Waals surface area contributed by atoms with Crippen molar-refractivity contribution in [2.75, 3.05) is 6.61 Å². The third-order valence-corrected chi connectivity index (χ3v) is 4.82. The molecule has 1 aromatic rings. The molecule has 1 aliphatic rings. The van der Waals surface area contributed by atoms with Crippen LogP contribution in [0.25, 0.3) is 0 Å². The number of hydrogen-bond acceptors (Lipinski definition) is 5. The van der Waals surface area contributed by atoms with Crippen molar-refractivity contribution in [3.05, 3.63) is 33.1 Å². The molecule has 0 saturated carbocycles. The summed E-state index contributed by atoms with van der Waals surface area (Å²) in [7, 11) is 0. The van der Waals surface area contributed by atoms with Crippen molar-refractivity contribution >= 4 is 23.4 Å². The Balaban J connectivity index is 2.35. The predicted molar refractivity (Wildman–Crippen MR) is 64.5 cm³/mol. The number of rotatable bonds is 2. The van der Waals surface area contributed by atoms with Crippen molar-refractivity contribution in [1.29, 1.82) is 0 Å². The van der Waals surface area contributed by atoms with Gasteiger partial charge in [0, 0.05) is 12.3 Å². The van der Waals surface area contributed by atoms with E-state index in [0.717, 1.165) is 0 Å². The van der Waals surface area contributed by atoms with Gasteiger partial charge in [0.15, 0.2) is 0 Å². The molecule has 1 fully saturated rings. The van der Waals surface area contributed by atoms with Crippen LogP contribution in [0.2, 0.25) is 0 Å². The summed E-state index contributed by atoms with van der Waals surface area (Å²) in [4.78, 5) is 24.6. The van der Waals surface area contributed by atoms with Crippen LogP contribution in [0.15, 0.2) is 21.9 Å². The monoisotopic (exact) mass is 278 g/mol. The Morgan fingerprint density at radius 2 is 2.24 bits per heavy atom. The fourth-order valence-electron chi connectivity index (χ4n) is 1.71. The second-order valence-electron chi connectivity index (χ2n) is 3.70. The molecule has 2 rings (SSSR count). The number of nitrogens with one attached hydrogen (secondary N) is 1. The standard InChI is InChI=1S/C9H11ClN2O4S/c10-6-7(15)4(3-13)17-8(6)12-2-1-5(14)11-9(12)16/h1-2,4,6-8,13,15H,3H2,(H,11,14,16)/t4-,6-,7-,8-/m1/s1. The number of aromatic nitrogens is 2. The lowest BCUT2D eigenvalue weighted by molar-refractivity contribution is 0.140. The smallest absolute Gasteiger partial charge is 0.329 e. The number of nitrogens with zero attached hydrogens (tertiary/aromatic N) is 1. The van der Waals surface area contributed by atoms with E-state index in [-0.39, 0.29) is 6.61 Å². The summed E-state index contributed by atoms with van der Waals surface area (Å²) in [5, 5.41) is 17.2. The van der Waals surface area contributed by atoms with Crippen molar-refractivity contribution in [3.8, 4) is 0 Å². The van der Waals surface area contributed by atoms with Crippen LogP contribution in [-0.4, -0.2) is 43.1 Å². The highest BCUT2D eigenvalue weighted by molar-refractivity contribution is 8.00. The zero-order valence-corrected chi connectivity index (χ0v) is 10.2. The SMILES string of the molecule is O=c1ccn([C@@H]2S[C@H](CO)[C@@H](O)[C@H]2Cl)c(=O)[nH]1. The van der Waals surface area contributed by atoms with Gasteiger partial charge in [0.05, 0.1) is 23.3 Å². The third-order valence-electron chi connectivity index (χ3n) is 2.60.